The summed E-state index contributed by atoms with van der Waals surface area (Å²) in [5.74, 6) is -0.839. The van der Waals surface area contributed by atoms with Gasteiger partial charge in [0.1, 0.15) is 6.04 Å². The van der Waals surface area contributed by atoms with Crippen LogP contribution in [0.3, 0.4) is 0 Å². The number of nitrogens with one attached hydrogen (secondary N) is 3. The SMILES string of the molecule is CCCCC(NC(C)=O)C(=O)NCC(=O)NC. The summed E-state index contributed by atoms with van der Waals surface area (Å²) < 4.78 is 0. The molecular formula is C11H21N3O3. The van der Waals surface area contributed by atoms with Crippen LogP contribution in [0.2, 0.25) is 0 Å². The van der Waals surface area contributed by atoms with Gasteiger partial charge in [-0.3, -0.25) is 14.4 Å². The van der Waals surface area contributed by atoms with E-state index in [0.29, 0.717) is 6.42 Å². The van der Waals surface area contributed by atoms with Crippen molar-refractivity contribution in [3.8, 4) is 0 Å². The molecule has 0 aliphatic carbocycles. The second-order valence-electron chi connectivity index (χ2n) is 3.79. The Morgan fingerprint density at radius 2 is 1.88 bits per heavy atom. The number of carbonyl (C=O) groups excluding carboxylic acids is 3. The minimum atomic E-state index is -0.558. The number of likely N-dealkylation sites (N-methyl/N-ethyl adjacent to an activating group) is 1. The molecule has 0 aliphatic rings. The van der Waals surface area contributed by atoms with Gasteiger partial charge in [-0.15, -0.1) is 0 Å². The fourth-order valence-corrected chi connectivity index (χ4v) is 1.30. The van der Waals surface area contributed by atoms with Crippen LogP contribution >= 0.6 is 0 Å². The number of hydrogen-bond acceptors (Lipinski definition) is 3. The number of hydrogen-bond donors (Lipinski definition) is 3. The van der Waals surface area contributed by atoms with Crippen LogP contribution in [0.25, 0.3) is 0 Å². The molecule has 6 nitrogen and oxygen atoms in total. The summed E-state index contributed by atoms with van der Waals surface area (Å²) in [6, 6.07) is -0.558. The van der Waals surface area contributed by atoms with E-state index in [4.69, 9.17) is 0 Å². The van der Waals surface area contributed by atoms with Crippen LogP contribution in [0, 0.1) is 0 Å². The van der Waals surface area contributed by atoms with E-state index in [1.54, 1.807) is 0 Å². The first-order valence-electron chi connectivity index (χ1n) is 5.76. The molecule has 98 valence electrons. The van der Waals surface area contributed by atoms with E-state index in [1.165, 1.54) is 14.0 Å². The molecule has 0 heterocycles. The first-order valence-corrected chi connectivity index (χ1v) is 5.76. The van der Waals surface area contributed by atoms with Crippen molar-refractivity contribution in [2.45, 2.75) is 39.2 Å². The zero-order chi connectivity index (χ0) is 13.3. The van der Waals surface area contributed by atoms with Crippen molar-refractivity contribution in [1.82, 2.24) is 16.0 Å². The van der Waals surface area contributed by atoms with Crippen molar-refractivity contribution < 1.29 is 14.4 Å². The molecule has 0 radical (unpaired) electrons. The van der Waals surface area contributed by atoms with Crippen LogP contribution < -0.4 is 16.0 Å². The molecule has 0 aliphatic heterocycles. The topological polar surface area (TPSA) is 87.3 Å². The molecule has 0 bridgehead atoms. The van der Waals surface area contributed by atoms with E-state index in [9.17, 15) is 14.4 Å². The van der Waals surface area contributed by atoms with E-state index in [2.05, 4.69) is 16.0 Å². The second kappa shape index (κ2) is 8.55. The molecular weight excluding hydrogens is 222 g/mol. The van der Waals surface area contributed by atoms with Crippen LogP contribution in [0.15, 0.2) is 0 Å². The highest BCUT2D eigenvalue weighted by Gasteiger charge is 2.18. The van der Waals surface area contributed by atoms with E-state index in [-0.39, 0.29) is 24.3 Å². The van der Waals surface area contributed by atoms with Gasteiger partial charge >= 0.3 is 0 Å². The molecule has 0 saturated carbocycles. The molecule has 6 heteroatoms. The van der Waals surface area contributed by atoms with Gasteiger partial charge in [0.15, 0.2) is 0 Å². The summed E-state index contributed by atoms with van der Waals surface area (Å²) in [6.07, 6.45) is 2.37. The minimum absolute atomic E-state index is 0.0719. The molecule has 1 unspecified atom stereocenters. The van der Waals surface area contributed by atoms with Crippen molar-refractivity contribution in [3.05, 3.63) is 0 Å². The second-order valence-corrected chi connectivity index (χ2v) is 3.79. The van der Waals surface area contributed by atoms with Crippen LogP contribution in [0.4, 0.5) is 0 Å². The van der Waals surface area contributed by atoms with Gasteiger partial charge < -0.3 is 16.0 Å². The van der Waals surface area contributed by atoms with Gasteiger partial charge in [0, 0.05) is 14.0 Å². The van der Waals surface area contributed by atoms with Crippen molar-refractivity contribution in [2.75, 3.05) is 13.6 Å². The Bertz CT molecular complexity index is 279. The highest BCUT2D eigenvalue weighted by atomic mass is 16.2. The van der Waals surface area contributed by atoms with E-state index >= 15 is 0 Å². The van der Waals surface area contributed by atoms with Gasteiger partial charge in [-0.05, 0) is 6.42 Å². The lowest BCUT2D eigenvalue weighted by Gasteiger charge is -2.16. The lowest BCUT2D eigenvalue weighted by Crippen LogP contribution is -2.48. The predicted octanol–water partition coefficient (Wildman–Crippen LogP) is -0.456. The summed E-state index contributed by atoms with van der Waals surface area (Å²) in [5, 5.41) is 7.46. The largest absolute Gasteiger partial charge is 0.358 e. The number of rotatable bonds is 7. The van der Waals surface area contributed by atoms with Crippen LogP contribution in [0.5, 0.6) is 0 Å². The fourth-order valence-electron chi connectivity index (χ4n) is 1.30. The molecule has 1 atom stereocenters. The molecule has 17 heavy (non-hydrogen) atoms. The quantitative estimate of drug-likeness (QED) is 0.565. The Balaban J connectivity index is 4.20. The predicted molar refractivity (Wildman–Crippen MR) is 64.2 cm³/mol. The van der Waals surface area contributed by atoms with E-state index in [0.717, 1.165) is 12.8 Å². The van der Waals surface area contributed by atoms with Crippen molar-refractivity contribution in [3.63, 3.8) is 0 Å². The van der Waals surface area contributed by atoms with Crippen molar-refractivity contribution >= 4 is 17.7 Å². The number of carbonyl (C=O) groups is 3. The van der Waals surface area contributed by atoms with Crippen LogP contribution in [-0.2, 0) is 14.4 Å². The molecule has 0 aromatic heterocycles. The third-order valence-corrected chi connectivity index (χ3v) is 2.24. The lowest BCUT2D eigenvalue weighted by molar-refractivity contribution is -0.129. The number of amides is 3. The Hall–Kier alpha value is -1.59. The van der Waals surface area contributed by atoms with Crippen molar-refractivity contribution in [1.29, 1.82) is 0 Å². The summed E-state index contributed by atoms with van der Waals surface area (Å²) in [6.45, 7) is 3.30. The van der Waals surface area contributed by atoms with Gasteiger partial charge in [0.2, 0.25) is 17.7 Å². The van der Waals surface area contributed by atoms with Gasteiger partial charge in [-0.2, -0.15) is 0 Å². The molecule has 0 saturated heterocycles. The molecule has 0 rings (SSSR count). The van der Waals surface area contributed by atoms with Gasteiger partial charge in [0.05, 0.1) is 6.54 Å². The molecule has 0 aromatic rings. The maximum atomic E-state index is 11.7. The van der Waals surface area contributed by atoms with E-state index < -0.39 is 6.04 Å². The normalized spacial score (nSPS) is 11.5. The smallest absolute Gasteiger partial charge is 0.243 e. The molecule has 3 N–H and O–H groups in total. The zero-order valence-electron chi connectivity index (χ0n) is 10.6. The maximum absolute atomic E-state index is 11.7. The van der Waals surface area contributed by atoms with E-state index in [1.807, 2.05) is 6.92 Å². The van der Waals surface area contributed by atoms with Gasteiger partial charge in [0.25, 0.3) is 0 Å². The molecule has 3 amide bonds. The summed E-state index contributed by atoms with van der Waals surface area (Å²) in [4.78, 5) is 33.6. The third-order valence-electron chi connectivity index (χ3n) is 2.24. The average molecular weight is 243 g/mol. The highest BCUT2D eigenvalue weighted by molar-refractivity contribution is 5.89. The molecule has 0 aromatic carbocycles. The van der Waals surface area contributed by atoms with Crippen molar-refractivity contribution in [2.24, 2.45) is 0 Å². The Morgan fingerprint density at radius 1 is 1.24 bits per heavy atom. The number of unbranched alkanes of at least 4 members (excludes halogenated alkanes) is 1. The van der Waals surface area contributed by atoms with Crippen LogP contribution in [0.1, 0.15) is 33.1 Å². The Labute approximate surface area is 102 Å². The summed E-state index contributed by atoms with van der Waals surface area (Å²) in [5.41, 5.74) is 0. The minimum Gasteiger partial charge on any atom is -0.358 e. The first kappa shape index (κ1) is 15.4. The highest BCUT2D eigenvalue weighted by Crippen LogP contribution is 2.00. The van der Waals surface area contributed by atoms with Gasteiger partial charge in [-0.1, -0.05) is 19.8 Å². The first-order chi connectivity index (χ1) is 8.01. The maximum Gasteiger partial charge on any atom is 0.243 e. The molecule has 0 spiro atoms. The van der Waals surface area contributed by atoms with Crippen LogP contribution in [-0.4, -0.2) is 37.4 Å². The lowest BCUT2D eigenvalue weighted by atomic mass is 10.1. The summed E-state index contributed by atoms with van der Waals surface area (Å²) >= 11 is 0. The van der Waals surface area contributed by atoms with Gasteiger partial charge in [-0.25, -0.2) is 0 Å². The standard InChI is InChI=1S/C11H21N3O3/c1-4-5-6-9(14-8(2)15)11(17)13-7-10(16)12-3/h9H,4-7H2,1-3H3,(H,12,16)(H,13,17)(H,14,15). The Morgan fingerprint density at radius 3 is 2.35 bits per heavy atom. The zero-order valence-corrected chi connectivity index (χ0v) is 10.6. The fraction of sp³-hybridized carbons (Fsp3) is 0.727. The monoisotopic (exact) mass is 243 g/mol. The third kappa shape index (κ3) is 7.32. The Kier molecular flexibility index (Phi) is 7.75. The molecule has 0 fully saturated rings. The average Bonchev–Trinajstić information content (AvgIpc) is 2.30. The summed E-state index contributed by atoms with van der Waals surface area (Å²) in [7, 11) is 1.50.